The number of hydrogen-bond donors (Lipinski definition) is 0. The molecule has 0 amide bonds. The van der Waals surface area contributed by atoms with Crippen LogP contribution in [0.4, 0.5) is 11.4 Å². The van der Waals surface area contributed by atoms with Gasteiger partial charge in [0.25, 0.3) is 20.0 Å². The van der Waals surface area contributed by atoms with Crippen molar-refractivity contribution in [1.82, 2.24) is 0 Å². The summed E-state index contributed by atoms with van der Waals surface area (Å²) in [6, 6.07) is 16.0. The van der Waals surface area contributed by atoms with Gasteiger partial charge in [0.15, 0.2) is 0 Å². The van der Waals surface area contributed by atoms with E-state index in [1.165, 1.54) is 49.3 Å². The molecule has 0 unspecified atom stereocenters. The predicted octanol–water partition coefficient (Wildman–Crippen LogP) is 13.3. The number of nitrogens with zero attached hydrogens (tertiary/aromatic N) is 2. The number of sulfonamides is 2. The van der Waals surface area contributed by atoms with Gasteiger partial charge in [-0.2, -0.15) is 0 Å². The topological polar surface area (TPSA) is 74.8 Å². The van der Waals surface area contributed by atoms with E-state index in [0.717, 1.165) is 79.4 Å². The Morgan fingerprint density at radius 3 is 1.38 bits per heavy atom. The SMILES string of the molecule is CCCCCCCCCCCCN1c2ccsc2-c2sc(-c3ccc(-c4ccc(-c5cc6c(s5)-c5sccc5N(CC)S6(=O)=O)s4)s3)cc2S1(=O)=O. The molecule has 0 N–H and O–H groups in total. The van der Waals surface area contributed by atoms with Gasteiger partial charge in [0.2, 0.25) is 0 Å². The molecule has 6 aromatic rings. The van der Waals surface area contributed by atoms with Crippen molar-refractivity contribution < 1.29 is 16.8 Å². The van der Waals surface area contributed by atoms with Crippen LogP contribution in [0.25, 0.3) is 48.8 Å². The summed E-state index contributed by atoms with van der Waals surface area (Å²) in [4.78, 5) is 10.7. The Morgan fingerprint density at radius 2 is 0.904 bits per heavy atom. The standard InChI is InChI=1S/C38H40N2O4S8/c1-3-5-6-7-8-9-10-11-12-13-20-40-26-19-22-46-36(26)38-34(52(40,43)44)24-32(50-38)30-17-15-28(48-30)27-14-16-29(47-27)31-23-33-37(49-31)35-25(18-21-45-35)39(4-2)51(33,41)42/h14-19,21-24H,3-13,20H2,1-2H3. The van der Waals surface area contributed by atoms with E-state index in [-0.39, 0.29) is 0 Å². The van der Waals surface area contributed by atoms with Crippen LogP contribution in [0.5, 0.6) is 0 Å². The molecule has 0 saturated carbocycles. The third kappa shape index (κ3) is 6.58. The quantitative estimate of drug-likeness (QED) is 0.0965. The minimum atomic E-state index is -3.65. The fourth-order valence-electron chi connectivity index (χ4n) is 7.05. The van der Waals surface area contributed by atoms with Crippen LogP contribution in [0.2, 0.25) is 0 Å². The van der Waals surface area contributed by atoms with Crippen molar-refractivity contribution in [2.75, 3.05) is 21.7 Å². The van der Waals surface area contributed by atoms with Crippen molar-refractivity contribution in [3.63, 3.8) is 0 Å². The molecule has 6 aromatic heterocycles. The van der Waals surface area contributed by atoms with Crippen molar-refractivity contribution in [3.05, 3.63) is 59.3 Å². The molecule has 0 saturated heterocycles. The Morgan fingerprint density at radius 1 is 0.481 bits per heavy atom. The third-order valence-corrected chi connectivity index (χ3v) is 20.9. The van der Waals surface area contributed by atoms with Crippen molar-refractivity contribution in [2.24, 2.45) is 0 Å². The van der Waals surface area contributed by atoms with Crippen molar-refractivity contribution in [3.8, 4) is 48.8 Å². The third-order valence-electron chi connectivity index (χ3n) is 9.71. The lowest BCUT2D eigenvalue weighted by Crippen LogP contribution is -2.34. The Labute approximate surface area is 331 Å². The highest BCUT2D eigenvalue weighted by atomic mass is 32.2. The van der Waals surface area contributed by atoms with Gasteiger partial charge in [0.05, 0.1) is 30.9 Å². The van der Waals surface area contributed by atoms with Crippen LogP contribution in [-0.4, -0.2) is 29.9 Å². The number of unbranched alkanes of at least 4 members (excludes halogenated alkanes) is 9. The van der Waals surface area contributed by atoms with E-state index in [2.05, 4.69) is 31.2 Å². The van der Waals surface area contributed by atoms with Gasteiger partial charge in [-0.05, 0) is 72.6 Å². The van der Waals surface area contributed by atoms with Gasteiger partial charge in [0, 0.05) is 42.4 Å². The van der Waals surface area contributed by atoms with E-state index in [1.54, 1.807) is 72.3 Å². The lowest BCUT2D eigenvalue weighted by atomic mass is 10.1. The smallest absolute Gasteiger partial charge is 0.265 e. The number of fused-ring (bicyclic) bond motifs is 6. The summed E-state index contributed by atoms with van der Waals surface area (Å²) in [5.41, 5.74) is 1.59. The second-order valence-corrected chi connectivity index (χ2v) is 22.9. The Bertz CT molecular complexity index is 2420. The molecule has 274 valence electrons. The molecule has 0 fully saturated rings. The summed E-state index contributed by atoms with van der Waals surface area (Å²) < 4.78 is 58.3. The molecular weight excluding hydrogens is 805 g/mol. The molecule has 6 nitrogen and oxygen atoms in total. The average molecular weight is 845 g/mol. The van der Waals surface area contributed by atoms with Crippen LogP contribution in [0.3, 0.4) is 0 Å². The summed E-state index contributed by atoms with van der Waals surface area (Å²) in [5, 5.41) is 3.97. The molecule has 8 rings (SSSR count). The number of thiophene rings is 6. The lowest BCUT2D eigenvalue weighted by molar-refractivity contribution is 0.555. The summed E-state index contributed by atoms with van der Waals surface area (Å²) in [7, 11) is -7.26. The molecule has 8 heterocycles. The van der Waals surface area contributed by atoms with Crippen molar-refractivity contribution in [1.29, 1.82) is 0 Å². The monoisotopic (exact) mass is 844 g/mol. The van der Waals surface area contributed by atoms with Crippen molar-refractivity contribution in [2.45, 2.75) is 87.8 Å². The van der Waals surface area contributed by atoms with E-state index in [1.807, 2.05) is 41.9 Å². The molecule has 0 spiro atoms. The zero-order valence-electron chi connectivity index (χ0n) is 29.1. The van der Waals surface area contributed by atoms with E-state index >= 15 is 0 Å². The minimum Gasteiger partial charge on any atom is -0.265 e. The van der Waals surface area contributed by atoms with Gasteiger partial charge in [-0.15, -0.1) is 68.0 Å². The van der Waals surface area contributed by atoms with Gasteiger partial charge in [-0.1, -0.05) is 64.7 Å². The van der Waals surface area contributed by atoms with Crippen LogP contribution >= 0.6 is 68.0 Å². The molecule has 2 aliphatic rings. The zero-order valence-corrected chi connectivity index (χ0v) is 35.6. The molecule has 0 bridgehead atoms. The molecule has 14 heteroatoms. The Balaban J connectivity index is 0.980. The fraction of sp³-hybridized carbons (Fsp3) is 0.368. The highest BCUT2D eigenvalue weighted by molar-refractivity contribution is 7.93. The number of hydrogen-bond acceptors (Lipinski definition) is 10. The highest BCUT2D eigenvalue weighted by Crippen LogP contribution is 2.55. The van der Waals surface area contributed by atoms with Crippen LogP contribution < -0.4 is 8.61 Å². The molecule has 2 aliphatic heterocycles. The largest absolute Gasteiger partial charge is 0.265 e. The van der Waals surface area contributed by atoms with Gasteiger partial charge in [0.1, 0.15) is 9.79 Å². The molecule has 0 atom stereocenters. The van der Waals surface area contributed by atoms with Crippen LogP contribution in [0, 0.1) is 0 Å². The fourth-order valence-corrected chi connectivity index (χ4v) is 18.0. The number of rotatable bonds is 15. The molecular formula is C38H40N2O4S8. The minimum absolute atomic E-state index is 0.394. The van der Waals surface area contributed by atoms with Crippen LogP contribution in [-0.2, 0) is 20.0 Å². The first-order valence-electron chi connectivity index (χ1n) is 17.9. The van der Waals surface area contributed by atoms with E-state index in [9.17, 15) is 16.8 Å². The van der Waals surface area contributed by atoms with Gasteiger partial charge in [-0.25, -0.2) is 16.8 Å². The first-order valence-corrected chi connectivity index (χ1v) is 25.8. The molecule has 0 radical (unpaired) electrons. The highest BCUT2D eigenvalue weighted by Gasteiger charge is 2.39. The maximum Gasteiger partial charge on any atom is 0.265 e. The summed E-state index contributed by atoms with van der Waals surface area (Å²) in [5.74, 6) is 0. The van der Waals surface area contributed by atoms with Gasteiger partial charge < -0.3 is 0 Å². The first kappa shape index (κ1) is 36.7. The Hall–Kier alpha value is -2.30. The summed E-state index contributed by atoms with van der Waals surface area (Å²) >= 11 is 9.64. The second-order valence-electron chi connectivity index (χ2n) is 13.1. The second kappa shape index (κ2) is 15.1. The normalized spacial score (nSPS) is 15.4. The van der Waals surface area contributed by atoms with Crippen LogP contribution in [0.15, 0.2) is 69.1 Å². The molecule has 0 aliphatic carbocycles. The van der Waals surface area contributed by atoms with Gasteiger partial charge in [-0.3, -0.25) is 8.61 Å². The first-order chi connectivity index (χ1) is 25.2. The average Bonchev–Trinajstić information content (AvgIpc) is 3.95. The zero-order chi connectivity index (χ0) is 36.0. The number of anilines is 2. The summed E-state index contributed by atoms with van der Waals surface area (Å²) in [6.07, 6.45) is 12.2. The molecule has 0 aromatic carbocycles. The Kier molecular flexibility index (Phi) is 10.6. The van der Waals surface area contributed by atoms with E-state index in [4.69, 9.17) is 0 Å². The summed E-state index contributed by atoms with van der Waals surface area (Å²) in [6.45, 7) is 5.03. The van der Waals surface area contributed by atoms with E-state index < -0.39 is 20.0 Å². The predicted molar refractivity (Wildman–Crippen MR) is 227 cm³/mol. The molecule has 52 heavy (non-hydrogen) atoms. The van der Waals surface area contributed by atoms with Crippen molar-refractivity contribution >= 4 is 99.4 Å². The lowest BCUT2D eigenvalue weighted by Gasteiger charge is -2.28. The van der Waals surface area contributed by atoms with E-state index in [0.29, 0.717) is 22.9 Å². The maximum atomic E-state index is 14.1. The van der Waals surface area contributed by atoms with Crippen LogP contribution in [0.1, 0.15) is 78.1 Å². The maximum absolute atomic E-state index is 14.1. The van der Waals surface area contributed by atoms with Gasteiger partial charge >= 0.3 is 0 Å².